The molecule has 0 aliphatic heterocycles. The van der Waals surface area contributed by atoms with Gasteiger partial charge in [0.2, 0.25) is 0 Å². The molecule has 1 heterocycles. The van der Waals surface area contributed by atoms with Crippen LogP contribution in [0, 0.1) is 5.82 Å². The average molecular weight is 485 g/mol. The normalized spacial score (nSPS) is 16.1. The van der Waals surface area contributed by atoms with Crippen molar-refractivity contribution in [3.8, 4) is 0 Å². The molecule has 2 N–H and O–H groups in total. The molecule has 0 radical (unpaired) electrons. The van der Waals surface area contributed by atoms with Gasteiger partial charge in [0, 0.05) is 0 Å². The number of ketones is 1. The molecule has 0 bridgehead atoms. The summed E-state index contributed by atoms with van der Waals surface area (Å²) < 4.78 is 55.1. The first-order valence-electron chi connectivity index (χ1n) is 8.72. The van der Waals surface area contributed by atoms with Gasteiger partial charge in [0.25, 0.3) is 0 Å². The van der Waals surface area contributed by atoms with Crippen LogP contribution in [0.25, 0.3) is 0 Å². The standard InChI is InChI=1S/C19H14Cl2F4O4S/c20-11-5-8(6-12(21)14(11)22)18(29,19(23,24)25)7-13(26)15-9-3-1-2-4-10(9)16(30-15)17(27)28/h5-6,29H,1-4,7H2,(H,27,28). The van der Waals surface area contributed by atoms with E-state index in [2.05, 4.69) is 0 Å². The summed E-state index contributed by atoms with van der Waals surface area (Å²) >= 11 is 11.8. The van der Waals surface area contributed by atoms with Crippen molar-refractivity contribution in [3.05, 3.63) is 54.4 Å². The Balaban J connectivity index is 2.07. The number of aliphatic hydroxyl groups is 1. The Morgan fingerprint density at radius 2 is 1.53 bits per heavy atom. The molecule has 1 aliphatic rings. The number of halogens is 6. The van der Waals surface area contributed by atoms with Crippen LogP contribution in [0.15, 0.2) is 12.1 Å². The van der Waals surface area contributed by atoms with Gasteiger partial charge in [-0.3, -0.25) is 4.79 Å². The van der Waals surface area contributed by atoms with Gasteiger partial charge in [-0.15, -0.1) is 11.3 Å². The fraction of sp³-hybridized carbons (Fsp3) is 0.368. The van der Waals surface area contributed by atoms with Crippen molar-refractivity contribution in [1.82, 2.24) is 0 Å². The van der Waals surface area contributed by atoms with Crippen molar-refractivity contribution < 1.29 is 37.4 Å². The maximum Gasteiger partial charge on any atom is 0.421 e. The fourth-order valence-electron chi connectivity index (χ4n) is 3.50. The summed E-state index contributed by atoms with van der Waals surface area (Å²) in [7, 11) is 0. The third-order valence-corrected chi connectivity index (χ3v) is 6.87. The summed E-state index contributed by atoms with van der Waals surface area (Å²) in [6, 6.07) is 1.13. The number of alkyl halides is 3. The molecule has 3 rings (SSSR count). The van der Waals surface area contributed by atoms with Crippen molar-refractivity contribution in [1.29, 1.82) is 0 Å². The highest BCUT2D eigenvalue weighted by molar-refractivity contribution is 7.16. The highest BCUT2D eigenvalue weighted by Gasteiger charge is 2.56. The van der Waals surface area contributed by atoms with E-state index in [4.69, 9.17) is 23.2 Å². The minimum atomic E-state index is -5.32. The van der Waals surface area contributed by atoms with E-state index < -0.39 is 51.4 Å². The van der Waals surface area contributed by atoms with Gasteiger partial charge in [0.05, 0.1) is 21.3 Å². The second-order valence-electron chi connectivity index (χ2n) is 6.94. The molecule has 1 atom stereocenters. The van der Waals surface area contributed by atoms with E-state index in [-0.39, 0.29) is 9.75 Å². The first-order valence-corrected chi connectivity index (χ1v) is 10.3. The van der Waals surface area contributed by atoms with E-state index in [1.54, 1.807) is 0 Å². The third kappa shape index (κ3) is 3.95. The van der Waals surface area contributed by atoms with Gasteiger partial charge >= 0.3 is 12.1 Å². The zero-order valence-electron chi connectivity index (χ0n) is 15.1. The topological polar surface area (TPSA) is 74.6 Å². The molecule has 11 heteroatoms. The van der Waals surface area contributed by atoms with Gasteiger partial charge in [-0.05, 0) is 54.5 Å². The van der Waals surface area contributed by atoms with E-state index in [1.807, 2.05) is 0 Å². The Hall–Kier alpha value is -1.68. The van der Waals surface area contributed by atoms with E-state index in [1.165, 1.54) is 0 Å². The van der Waals surface area contributed by atoms with E-state index in [0.29, 0.717) is 60.3 Å². The molecule has 4 nitrogen and oxygen atoms in total. The van der Waals surface area contributed by atoms with E-state index >= 15 is 0 Å². The lowest BCUT2D eigenvalue weighted by molar-refractivity contribution is -0.264. The highest BCUT2D eigenvalue weighted by Crippen LogP contribution is 2.45. The molecule has 1 unspecified atom stereocenters. The van der Waals surface area contributed by atoms with Crippen LogP contribution >= 0.6 is 34.5 Å². The summed E-state index contributed by atoms with van der Waals surface area (Å²) in [4.78, 5) is 24.1. The second-order valence-corrected chi connectivity index (χ2v) is 8.78. The minimum Gasteiger partial charge on any atom is -0.477 e. The molecule has 1 aliphatic carbocycles. The molecule has 0 fully saturated rings. The van der Waals surface area contributed by atoms with Crippen LogP contribution in [-0.2, 0) is 18.4 Å². The molecule has 30 heavy (non-hydrogen) atoms. The molecule has 162 valence electrons. The van der Waals surface area contributed by atoms with Crippen molar-refractivity contribution in [3.63, 3.8) is 0 Å². The molecule has 0 saturated heterocycles. The number of benzene rings is 1. The zero-order chi connectivity index (χ0) is 22.4. The Morgan fingerprint density at radius 3 is 2.00 bits per heavy atom. The number of carboxylic acid groups (broad SMARTS) is 1. The molecule has 1 aromatic heterocycles. The number of carboxylic acids is 1. The maximum atomic E-state index is 13.8. The molecule has 0 spiro atoms. The first kappa shape index (κ1) is 23.0. The van der Waals surface area contributed by atoms with Gasteiger partial charge in [0.15, 0.2) is 17.2 Å². The van der Waals surface area contributed by atoms with Crippen molar-refractivity contribution in [2.75, 3.05) is 0 Å². The smallest absolute Gasteiger partial charge is 0.421 e. The molecule has 0 amide bonds. The van der Waals surface area contributed by atoms with Gasteiger partial charge in [-0.2, -0.15) is 13.2 Å². The Labute approximate surface area is 182 Å². The van der Waals surface area contributed by atoms with Crippen molar-refractivity contribution in [2.45, 2.75) is 43.9 Å². The van der Waals surface area contributed by atoms with E-state index in [0.717, 1.165) is 0 Å². The average Bonchev–Trinajstić information content (AvgIpc) is 3.04. The lowest BCUT2D eigenvalue weighted by Gasteiger charge is -2.31. The van der Waals surface area contributed by atoms with Gasteiger partial charge in [-0.1, -0.05) is 23.2 Å². The van der Waals surface area contributed by atoms with Crippen LogP contribution in [0.1, 0.15) is 55.3 Å². The number of thiophene rings is 1. The molecular weight excluding hydrogens is 471 g/mol. The summed E-state index contributed by atoms with van der Waals surface area (Å²) in [5, 5.41) is 18.4. The minimum absolute atomic E-state index is 0.0866. The van der Waals surface area contributed by atoms with Crippen molar-refractivity contribution in [2.24, 2.45) is 0 Å². The van der Waals surface area contributed by atoms with Crippen molar-refractivity contribution >= 4 is 46.3 Å². The molecular formula is C19H14Cl2F4O4S. The number of carbonyl (C=O) groups is 2. The number of rotatable bonds is 5. The lowest BCUT2D eigenvalue weighted by Crippen LogP contribution is -2.44. The number of carbonyl (C=O) groups excluding carboxylic acids is 1. The number of fused-ring (bicyclic) bond motifs is 1. The first-order chi connectivity index (χ1) is 13.9. The van der Waals surface area contributed by atoms with Crippen LogP contribution < -0.4 is 0 Å². The third-order valence-electron chi connectivity index (χ3n) is 5.01. The maximum absolute atomic E-state index is 13.8. The zero-order valence-corrected chi connectivity index (χ0v) is 17.4. The summed E-state index contributed by atoms with van der Waals surface area (Å²) in [5.74, 6) is -3.49. The van der Waals surface area contributed by atoms with Crippen LogP contribution in [0.4, 0.5) is 17.6 Å². The van der Waals surface area contributed by atoms with Crippen LogP contribution in [0.5, 0.6) is 0 Å². The number of aromatic carboxylic acids is 1. The van der Waals surface area contributed by atoms with Crippen LogP contribution in [-0.4, -0.2) is 28.1 Å². The quantitative estimate of drug-likeness (QED) is 0.319. The number of hydrogen-bond donors (Lipinski definition) is 2. The molecule has 2 aromatic rings. The van der Waals surface area contributed by atoms with Gasteiger partial charge in [0.1, 0.15) is 4.88 Å². The summed E-state index contributed by atoms with van der Waals surface area (Å²) in [6.07, 6.45) is -4.61. The monoisotopic (exact) mass is 484 g/mol. The summed E-state index contributed by atoms with van der Waals surface area (Å²) in [5.41, 5.74) is -3.72. The number of Topliss-reactive ketones (excluding diaryl/α,β-unsaturated/α-hetero) is 1. The Kier molecular flexibility index (Phi) is 6.21. The Morgan fingerprint density at radius 1 is 1.03 bits per heavy atom. The second kappa shape index (κ2) is 8.11. The largest absolute Gasteiger partial charge is 0.477 e. The van der Waals surface area contributed by atoms with E-state index in [9.17, 15) is 37.4 Å². The van der Waals surface area contributed by atoms with Crippen LogP contribution in [0.2, 0.25) is 10.0 Å². The van der Waals surface area contributed by atoms with Crippen LogP contribution in [0.3, 0.4) is 0 Å². The lowest BCUT2D eigenvalue weighted by atomic mass is 9.85. The fourth-order valence-corrected chi connectivity index (χ4v) is 5.16. The number of hydrogen-bond acceptors (Lipinski definition) is 4. The molecule has 1 aromatic carbocycles. The van der Waals surface area contributed by atoms with Gasteiger partial charge < -0.3 is 10.2 Å². The summed E-state index contributed by atoms with van der Waals surface area (Å²) in [6.45, 7) is 0. The SMILES string of the molecule is O=C(O)c1sc(C(=O)CC(O)(c2cc(Cl)c(F)c(Cl)c2)C(F)(F)F)c2c1CCCC2. The van der Waals surface area contributed by atoms with Gasteiger partial charge in [-0.25, -0.2) is 9.18 Å². The molecule has 0 saturated carbocycles. The predicted molar refractivity (Wildman–Crippen MR) is 103 cm³/mol. The Bertz CT molecular complexity index is 1010. The predicted octanol–water partition coefficient (Wildman–Crippen LogP) is 5.79. The highest BCUT2D eigenvalue weighted by atomic mass is 35.5.